The van der Waals surface area contributed by atoms with Gasteiger partial charge in [-0.05, 0) is 30.7 Å². The number of rotatable bonds is 7. The highest BCUT2D eigenvalue weighted by Crippen LogP contribution is 2.10. The fourth-order valence-corrected chi connectivity index (χ4v) is 1.50. The summed E-state index contributed by atoms with van der Waals surface area (Å²) in [4.78, 5) is 22.6. The molecule has 3 N–H and O–H groups in total. The van der Waals surface area contributed by atoms with Crippen LogP contribution in [0, 0.1) is 11.3 Å². The molecule has 0 unspecified atom stereocenters. The van der Waals surface area contributed by atoms with Crippen molar-refractivity contribution in [2.45, 2.75) is 19.8 Å². The summed E-state index contributed by atoms with van der Waals surface area (Å²) in [5.74, 6) is -1.57. The zero-order valence-corrected chi connectivity index (χ0v) is 11.7. The maximum Gasteiger partial charge on any atom is 0.335 e. The Balaban J connectivity index is 2.65. The van der Waals surface area contributed by atoms with Crippen LogP contribution in [-0.4, -0.2) is 23.5 Å². The Morgan fingerprint density at radius 1 is 1.33 bits per heavy atom. The number of carboxylic acids is 1. The summed E-state index contributed by atoms with van der Waals surface area (Å²) >= 11 is 0. The average molecular weight is 287 g/mol. The molecule has 1 amide bonds. The lowest BCUT2D eigenvalue weighted by Crippen LogP contribution is -2.17. The molecule has 0 radical (unpaired) electrons. The molecule has 6 nitrogen and oxygen atoms in total. The number of hydrogen-bond acceptors (Lipinski definition) is 4. The number of nitrogens with one attached hydrogen (secondary N) is 2. The second kappa shape index (κ2) is 8.38. The number of carboxylic acid groups (broad SMARTS) is 1. The number of unbranched alkanes of at least 4 members (excludes halogenated alkanes) is 1. The predicted molar refractivity (Wildman–Crippen MR) is 78.6 cm³/mol. The van der Waals surface area contributed by atoms with Crippen molar-refractivity contribution in [3.8, 4) is 6.07 Å². The van der Waals surface area contributed by atoms with Gasteiger partial charge in [-0.25, -0.2) is 4.79 Å². The minimum Gasteiger partial charge on any atom is -0.478 e. The fraction of sp³-hybridized carbons (Fsp3) is 0.267. The van der Waals surface area contributed by atoms with E-state index in [0.29, 0.717) is 12.2 Å². The number of nitrogens with zero attached hydrogens (tertiary/aromatic N) is 1. The van der Waals surface area contributed by atoms with Crippen LogP contribution in [0.3, 0.4) is 0 Å². The molecule has 0 saturated heterocycles. The number of nitriles is 1. The quantitative estimate of drug-likeness (QED) is 0.405. The first-order valence-corrected chi connectivity index (χ1v) is 6.56. The first kappa shape index (κ1) is 16.2. The molecule has 1 aromatic carbocycles. The minimum atomic E-state index is -1.04. The summed E-state index contributed by atoms with van der Waals surface area (Å²) in [5.41, 5.74) is 0.526. The molecule has 0 aliphatic carbocycles. The van der Waals surface area contributed by atoms with Gasteiger partial charge < -0.3 is 15.7 Å². The highest BCUT2D eigenvalue weighted by molar-refractivity contribution is 6.06. The largest absolute Gasteiger partial charge is 0.478 e. The van der Waals surface area contributed by atoms with E-state index in [1.54, 1.807) is 0 Å². The van der Waals surface area contributed by atoms with Crippen molar-refractivity contribution in [1.29, 1.82) is 5.26 Å². The number of anilines is 1. The van der Waals surface area contributed by atoms with Crippen molar-refractivity contribution >= 4 is 17.6 Å². The highest BCUT2D eigenvalue weighted by atomic mass is 16.4. The molecule has 0 aromatic heterocycles. The zero-order chi connectivity index (χ0) is 15.7. The monoisotopic (exact) mass is 287 g/mol. The fourth-order valence-electron chi connectivity index (χ4n) is 1.50. The van der Waals surface area contributed by atoms with Gasteiger partial charge in [0.1, 0.15) is 11.6 Å². The third-order valence-corrected chi connectivity index (χ3v) is 2.68. The SMILES string of the molecule is CCCCN/C=C(/C#N)C(=O)Nc1ccc(C(=O)O)cc1. The predicted octanol–water partition coefficient (Wildman–Crippen LogP) is 2.12. The van der Waals surface area contributed by atoms with Gasteiger partial charge in [0.25, 0.3) is 5.91 Å². The maximum atomic E-state index is 11.9. The van der Waals surface area contributed by atoms with Crippen LogP contribution >= 0.6 is 0 Å². The van der Waals surface area contributed by atoms with Gasteiger partial charge >= 0.3 is 5.97 Å². The van der Waals surface area contributed by atoms with Crippen LogP contribution in [0.1, 0.15) is 30.1 Å². The Labute approximate surface area is 123 Å². The third-order valence-electron chi connectivity index (χ3n) is 2.68. The zero-order valence-electron chi connectivity index (χ0n) is 11.7. The van der Waals surface area contributed by atoms with Crippen LogP contribution in [0.15, 0.2) is 36.0 Å². The standard InChI is InChI=1S/C15H17N3O3/c1-2-3-8-17-10-12(9-16)14(19)18-13-6-4-11(5-7-13)15(20)21/h4-7,10,17H,2-3,8H2,1H3,(H,18,19)(H,20,21)/b12-10-. The van der Waals surface area contributed by atoms with E-state index in [0.717, 1.165) is 12.8 Å². The first-order chi connectivity index (χ1) is 10.1. The summed E-state index contributed by atoms with van der Waals surface area (Å²) in [6.45, 7) is 2.74. The number of carbonyl (C=O) groups excluding carboxylic acids is 1. The van der Waals surface area contributed by atoms with Gasteiger partial charge in [0.15, 0.2) is 0 Å². The summed E-state index contributed by atoms with van der Waals surface area (Å²) in [6, 6.07) is 7.53. The molecule has 110 valence electrons. The number of carbonyl (C=O) groups is 2. The van der Waals surface area contributed by atoms with E-state index in [2.05, 4.69) is 10.6 Å². The van der Waals surface area contributed by atoms with Gasteiger partial charge in [-0.15, -0.1) is 0 Å². The van der Waals surface area contributed by atoms with Crippen LogP contribution in [-0.2, 0) is 4.79 Å². The lowest BCUT2D eigenvalue weighted by Gasteiger charge is -2.05. The van der Waals surface area contributed by atoms with E-state index in [1.165, 1.54) is 30.5 Å². The molecular weight excluding hydrogens is 270 g/mol. The van der Waals surface area contributed by atoms with Crippen molar-refractivity contribution in [3.05, 3.63) is 41.6 Å². The Hall–Kier alpha value is -2.81. The lowest BCUT2D eigenvalue weighted by molar-refractivity contribution is -0.112. The van der Waals surface area contributed by atoms with Crippen molar-refractivity contribution < 1.29 is 14.7 Å². The molecule has 0 bridgehead atoms. The van der Waals surface area contributed by atoms with E-state index >= 15 is 0 Å². The van der Waals surface area contributed by atoms with Gasteiger partial charge in [0.2, 0.25) is 0 Å². The molecule has 0 heterocycles. The van der Waals surface area contributed by atoms with E-state index < -0.39 is 11.9 Å². The van der Waals surface area contributed by atoms with Gasteiger partial charge in [0, 0.05) is 18.4 Å². The van der Waals surface area contributed by atoms with Gasteiger partial charge in [0.05, 0.1) is 5.56 Å². The summed E-state index contributed by atoms with van der Waals surface area (Å²) < 4.78 is 0. The van der Waals surface area contributed by atoms with Crippen LogP contribution < -0.4 is 10.6 Å². The molecule has 1 rings (SSSR count). The van der Waals surface area contributed by atoms with E-state index in [1.807, 2.05) is 13.0 Å². The van der Waals surface area contributed by atoms with E-state index in [4.69, 9.17) is 10.4 Å². The van der Waals surface area contributed by atoms with Crippen LogP contribution in [0.25, 0.3) is 0 Å². The molecule has 0 aliphatic rings. The van der Waals surface area contributed by atoms with Gasteiger partial charge in [-0.1, -0.05) is 13.3 Å². The molecule has 0 aliphatic heterocycles. The van der Waals surface area contributed by atoms with E-state index in [-0.39, 0.29) is 11.1 Å². The number of hydrogen-bond donors (Lipinski definition) is 3. The summed E-state index contributed by atoms with van der Waals surface area (Å²) in [5, 5.41) is 23.2. The molecule has 0 atom stereocenters. The number of benzene rings is 1. The molecule has 0 spiro atoms. The lowest BCUT2D eigenvalue weighted by atomic mass is 10.2. The summed E-state index contributed by atoms with van der Waals surface area (Å²) in [7, 11) is 0. The Morgan fingerprint density at radius 2 is 2.00 bits per heavy atom. The summed E-state index contributed by atoms with van der Waals surface area (Å²) in [6.07, 6.45) is 3.36. The van der Waals surface area contributed by atoms with Crippen LogP contribution in [0.5, 0.6) is 0 Å². The van der Waals surface area contributed by atoms with Crippen LogP contribution in [0.4, 0.5) is 5.69 Å². The molecular formula is C15H17N3O3. The molecule has 6 heteroatoms. The normalized spacial score (nSPS) is 10.6. The van der Waals surface area contributed by atoms with Gasteiger partial charge in [-0.3, -0.25) is 4.79 Å². The number of aromatic carboxylic acids is 1. The van der Waals surface area contributed by atoms with Gasteiger partial charge in [-0.2, -0.15) is 5.26 Å². The smallest absolute Gasteiger partial charge is 0.335 e. The Bertz CT molecular complexity index is 571. The average Bonchev–Trinajstić information content (AvgIpc) is 2.47. The van der Waals surface area contributed by atoms with Crippen LogP contribution in [0.2, 0.25) is 0 Å². The second-order valence-electron chi connectivity index (χ2n) is 4.31. The molecule has 0 saturated carbocycles. The molecule has 21 heavy (non-hydrogen) atoms. The van der Waals surface area contributed by atoms with Crippen molar-refractivity contribution in [2.24, 2.45) is 0 Å². The topological polar surface area (TPSA) is 102 Å². The third kappa shape index (κ3) is 5.37. The maximum absolute atomic E-state index is 11.9. The first-order valence-electron chi connectivity index (χ1n) is 6.56. The number of amides is 1. The molecule has 0 fully saturated rings. The minimum absolute atomic E-state index is 0.0339. The second-order valence-corrected chi connectivity index (χ2v) is 4.31. The highest BCUT2D eigenvalue weighted by Gasteiger charge is 2.09. The van der Waals surface area contributed by atoms with E-state index in [9.17, 15) is 9.59 Å². The molecule has 1 aromatic rings. The Morgan fingerprint density at radius 3 is 2.52 bits per heavy atom. The van der Waals surface area contributed by atoms with Crippen molar-refractivity contribution in [3.63, 3.8) is 0 Å². The Kier molecular flexibility index (Phi) is 6.48. The van der Waals surface area contributed by atoms with Crippen molar-refractivity contribution in [2.75, 3.05) is 11.9 Å². The van der Waals surface area contributed by atoms with Crippen molar-refractivity contribution in [1.82, 2.24) is 5.32 Å².